The number of carbonyl (C=O) groups excluding carboxylic acids is 6. The molecule has 0 atom stereocenters. The van der Waals surface area contributed by atoms with Crippen molar-refractivity contribution in [2.75, 3.05) is 0 Å². The van der Waals surface area contributed by atoms with Crippen molar-refractivity contribution in [3.8, 4) is 0 Å². The molecule has 0 rings (SSSR count). The summed E-state index contributed by atoms with van der Waals surface area (Å²) in [5.41, 5.74) is 0. The van der Waals surface area contributed by atoms with Crippen LogP contribution >= 0.6 is 0 Å². The topological polar surface area (TPSA) is 175 Å². The molecule has 0 spiro atoms. The van der Waals surface area contributed by atoms with Crippen LogP contribution in [0.3, 0.4) is 0 Å². The first-order valence-electron chi connectivity index (χ1n) is 4.65. The average Bonchev–Trinajstić information content (AvgIpc) is 2.50. The minimum absolute atomic E-state index is 0.586. The van der Waals surface area contributed by atoms with Crippen LogP contribution in [0.4, 0.5) is 0 Å². The van der Waals surface area contributed by atoms with Crippen LogP contribution in [0.1, 0.15) is 0 Å². The molecule has 0 saturated heterocycles. The van der Waals surface area contributed by atoms with E-state index in [1.807, 2.05) is 0 Å². The molecule has 0 unspecified atom stereocenters. The molecule has 0 fully saturated rings. The predicted molar refractivity (Wildman–Crippen MR) is 72.5 cm³/mol. The molecule has 114 valence electrons. The van der Waals surface area contributed by atoms with Crippen molar-refractivity contribution in [1.29, 1.82) is 0 Å². The Kier molecular flexibility index (Phi) is 37.8. The Bertz CT molecular complexity index is 219. The molecule has 0 aromatic rings. The summed E-state index contributed by atoms with van der Waals surface area (Å²) in [6.45, 7) is 0. The van der Waals surface area contributed by atoms with Crippen LogP contribution in [-0.4, -0.2) is 104 Å². The van der Waals surface area contributed by atoms with E-state index < -0.39 is 65.1 Å². The van der Waals surface area contributed by atoms with Crippen LogP contribution in [0.15, 0.2) is 0 Å². The number of amides is 6. The molecule has 15 heteroatoms. The van der Waals surface area contributed by atoms with Gasteiger partial charge in [0, 0.05) is 0 Å². The summed E-state index contributed by atoms with van der Waals surface area (Å²) in [5, 5.41) is 0. The Morgan fingerprint density at radius 1 is 0.381 bits per heavy atom. The second-order valence-electron chi connectivity index (χ2n) is 1.95. The molecule has 0 heterocycles. The summed E-state index contributed by atoms with van der Waals surface area (Å²) in [6.07, 6.45) is 3.52. The Balaban J connectivity index is -0.000000231. The maximum atomic E-state index is 9.46. The maximum absolute atomic E-state index is 9.46. The molecule has 12 nitrogen and oxygen atoms in total. The molecule has 6 radical (unpaired) electrons. The SMILES string of the molecule is O=C[NH][Sn][NH]C=O.O=C[NH][Sn][NH]C=O.O=C[NH][Sn][NH]C=O. The molecule has 21 heavy (non-hydrogen) atoms. The van der Waals surface area contributed by atoms with E-state index in [2.05, 4.69) is 21.2 Å². The van der Waals surface area contributed by atoms with Crippen molar-refractivity contribution in [1.82, 2.24) is 21.2 Å². The van der Waals surface area contributed by atoms with Crippen molar-refractivity contribution < 1.29 is 28.8 Å². The summed E-state index contributed by atoms with van der Waals surface area (Å²) >= 11 is -3.16. The van der Waals surface area contributed by atoms with E-state index in [4.69, 9.17) is 0 Å². The number of hydrogen-bond acceptors (Lipinski definition) is 6. The zero-order valence-electron chi connectivity index (χ0n) is 10.4. The number of carbonyl (C=O) groups is 6. The quantitative estimate of drug-likeness (QED) is 0.0720. The number of nitrogens with one attached hydrogen (secondary N) is 6. The zero-order valence-corrected chi connectivity index (χ0v) is 19.0. The van der Waals surface area contributed by atoms with Gasteiger partial charge in [0.05, 0.1) is 0 Å². The fourth-order valence-electron chi connectivity index (χ4n) is 0.302. The number of rotatable bonds is 12. The first-order chi connectivity index (χ1) is 10.2. The van der Waals surface area contributed by atoms with Crippen LogP contribution in [0.25, 0.3) is 0 Å². The molecule has 0 aromatic carbocycles. The molecule has 6 N–H and O–H groups in total. The van der Waals surface area contributed by atoms with Gasteiger partial charge in [0.25, 0.3) is 0 Å². The van der Waals surface area contributed by atoms with Gasteiger partial charge in [-0.3, -0.25) is 0 Å². The summed E-state index contributed by atoms with van der Waals surface area (Å²) in [6, 6.07) is 0. The molecule has 0 aliphatic carbocycles. The second kappa shape index (κ2) is 31.6. The van der Waals surface area contributed by atoms with E-state index in [-0.39, 0.29) is 0 Å². The first-order valence-corrected chi connectivity index (χ1v) is 13.2. The van der Waals surface area contributed by atoms with Gasteiger partial charge in [-0.1, -0.05) is 0 Å². The van der Waals surface area contributed by atoms with Gasteiger partial charge in [0.1, 0.15) is 0 Å². The normalized spacial score (nSPS) is 6.86. The second-order valence-corrected chi connectivity index (χ2v) is 9.03. The van der Waals surface area contributed by atoms with Crippen LogP contribution in [0.2, 0.25) is 0 Å². The van der Waals surface area contributed by atoms with Crippen LogP contribution < -0.4 is 21.2 Å². The average molecular weight is 620 g/mol. The van der Waals surface area contributed by atoms with Crippen molar-refractivity contribution >= 4 is 104 Å². The van der Waals surface area contributed by atoms with Crippen LogP contribution in [0.5, 0.6) is 0 Å². The minimum atomic E-state index is -1.05. The Labute approximate surface area is 152 Å². The van der Waals surface area contributed by atoms with Crippen molar-refractivity contribution in [3.05, 3.63) is 0 Å². The molecule has 0 aliphatic heterocycles. The predicted octanol–water partition coefficient (Wildman–Crippen LogP) is -5.96. The number of hydrogen-bond donors (Lipinski definition) is 6. The monoisotopic (exact) mass is 624 g/mol. The Hall–Kier alpha value is -0.784. The summed E-state index contributed by atoms with van der Waals surface area (Å²) in [4.78, 5) is 56.7. The standard InChI is InChI=1S/6CH3NO.3Sn/c6*2-1-3;;;/h6*1H,(H2,2,3);;;/q;;;;;;3*+2/p-6. The fourth-order valence-corrected chi connectivity index (χ4v) is 2.02. The molecule has 0 saturated carbocycles. The van der Waals surface area contributed by atoms with Gasteiger partial charge in [-0.2, -0.15) is 0 Å². The molecule has 0 aliphatic rings. The molecule has 0 bridgehead atoms. The molecule has 6 amide bonds. The van der Waals surface area contributed by atoms with Gasteiger partial charge in [-0.15, -0.1) is 0 Å². The van der Waals surface area contributed by atoms with Gasteiger partial charge >= 0.3 is 154 Å². The molecular weight excluding hydrogens is 608 g/mol. The summed E-state index contributed by atoms with van der Waals surface area (Å²) in [7, 11) is 0. The van der Waals surface area contributed by atoms with E-state index in [1.165, 1.54) is 0 Å². The third-order valence-electron chi connectivity index (χ3n) is 0.787. The van der Waals surface area contributed by atoms with E-state index in [0.29, 0.717) is 38.5 Å². The first kappa shape index (κ1) is 25.2. The van der Waals surface area contributed by atoms with Crippen molar-refractivity contribution in [2.24, 2.45) is 0 Å². The zero-order chi connectivity index (χ0) is 16.6. The summed E-state index contributed by atoms with van der Waals surface area (Å²) in [5.74, 6) is 0. The van der Waals surface area contributed by atoms with E-state index in [1.54, 1.807) is 0 Å². The van der Waals surface area contributed by atoms with E-state index in [0.717, 1.165) is 0 Å². The van der Waals surface area contributed by atoms with Gasteiger partial charge in [-0.05, 0) is 0 Å². The van der Waals surface area contributed by atoms with Gasteiger partial charge in [0.15, 0.2) is 0 Å². The summed E-state index contributed by atoms with van der Waals surface area (Å²) < 4.78 is 14.4. The van der Waals surface area contributed by atoms with E-state index in [9.17, 15) is 28.8 Å². The third kappa shape index (κ3) is 45.3. The van der Waals surface area contributed by atoms with Gasteiger partial charge in [-0.25, -0.2) is 0 Å². The van der Waals surface area contributed by atoms with Gasteiger partial charge in [0.2, 0.25) is 0 Å². The Morgan fingerprint density at radius 2 is 0.524 bits per heavy atom. The molecular formula is C6H12N6O6Sn3. The van der Waals surface area contributed by atoms with E-state index >= 15 is 0 Å². The molecule has 0 aromatic heterocycles. The van der Waals surface area contributed by atoms with Crippen LogP contribution in [0, 0.1) is 0 Å². The van der Waals surface area contributed by atoms with Crippen molar-refractivity contribution in [3.63, 3.8) is 0 Å². The van der Waals surface area contributed by atoms with Gasteiger partial charge < -0.3 is 0 Å². The third-order valence-corrected chi connectivity index (χ3v) is 5.28. The fraction of sp³-hybridized carbons (Fsp3) is 0. The van der Waals surface area contributed by atoms with Crippen molar-refractivity contribution in [2.45, 2.75) is 0 Å². The van der Waals surface area contributed by atoms with Crippen LogP contribution in [-0.2, 0) is 28.8 Å². The Morgan fingerprint density at radius 3 is 0.619 bits per heavy atom.